The van der Waals surface area contributed by atoms with Crippen LogP contribution in [0.15, 0.2) is 60.7 Å². The van der Waals surface area contributed by atoms with E-state index in [1.807, 2.05) is 48.5 Å². The first kappa shape index (κ1) is 18.4. The monoisotopic (exact) mass is 387 g/mol. The Bertz CT molecular complexity index is 1180. The number of amides is 2. The first-order valence-electron chi connectivity index (χ1n) is 9.28. The number of phenols is 1. The molecule has 0 fully saturated rings. The minimum Gasteiger partial charge on any atom is -0.506 e. The zero-order chi connectivity index (χ0) is 20.4. The van der Waals surface area contributed by atoms with Gasteiger partial charge in [0, 0.05) is 11.4 Å². The van der Waals surface area contributed by atoms with Gasteiger partial charge in [-0.1, -0.05) is 31.2 Å². The van der Waals surface area contributed by atoms with Gasteiger partial charge in [-0.3, -0.25) is 5.10 Å². The molecular formula is C22H21N5O2. The maximum atomic E-state index is 12.3. The fourth-order valence-electron chi connectivity index (χ4n) is 3.28. The Morgan fingerprint density at radius 2 is 1.83 bits per heavy atom. The Labute approximate surface area is 167 Å². The minimum atomic E-state index is -0.308. The van der Waals surface area contributed by atoms with E-state index in [-0.39, 0.29) is 11.8 Å². The number of phenolic OH excluding ortho intramolecular Hbond substituents is 1. The van der Waals surface area contributed by atoms with E-state index in [2.05, 4.69) is 27.8 Å². The van der Waals surface area contributed by atoms with Gasteiger partial charge in [-0.2, -0.15) is 5.10 Å². The number of anilines is 3. The van der Waals surface area contributed by atoms with Gasteiger partial charge in [-0.25, -0.2) is 4.79 Å². The fraction of sp³-hybridized carbons (Fsp3) is 0.0909. The molecule has 0 saturated carbocycles. The third kappa shape index (κ3) is 3.70. The lowest BCUT2D eigenvalue weighted by Crippen LogP contribution is -2.19. The highest BCUT2D eigenvalue weighted by molar-refractivity contribution is 6.04. The fourth-order valence-corrected chi connectivity index (χ4v) is 3.28. The van der Waals surface area contributed by atoms with Gasteiger partial charge >= 0.3 is 6.03 Å². The highest BCUT2D eigenvalue weighted by Crippen LogP contribution is 2.36. The van der Waals surface area contributed by atoms with Crippen LogP contribution in [0.2, 0.25) is 0 Å². The number of H-pyrrole nitrogens is 1. The molecule has 146 valence electrons. The highest BCUT2D eigenvalue weighted by atomic mass is 16.3. The molecule has 0 spiro atoms. The summed E-state index contributed by atoms with van der Waals surface area (Å²) in [5.74, 6) is 0.414. The van der Waals surface area contributed by atoms with Crippen LogP contribution in [0.1, 0.15) is 12.5 Å². The Hall–Kier alpha value is -4.00. The number of fused-ring (bicyclic) bond motifs is 1. The average Bonchev–Trinajstić information content (AvgIpc) is 3.12. The summed E-state index contributed by atoms with van der Waals surface area (Å²) in [5.41, 5.74) is 10.8. The molecular weight excluding hydrogens is 366 g/mol. The lowest BCUT2D eigenvalue weighted by Gasteiger charge is -2.10. The molecule has 7 heteroatoms. The maximum Gasteiger partial charge on any atom is 0.323 e. The number of benzene rings is 3. The number of aryl methyl sites for hydroxylation is 1. The summed E-state index contributed by atoms with van der Waals surface area (Å²) in [6, 6.07) is 18.2. The molecule has 0 aliphatic rings. The third-order valence-electron chi connectivity index (χ3n) is 4.77. The number of hydrogen-bond acceptors (Lipinski definition) is 4. The molecule has 0 radical (unpaired) electrons. The summed E-state index contributed by atoms with van der Waals surface area (Å²) < 4.78 is 0. The van der Waals surface area contributed by atoms with E-state index < -0.39 is 0 Å². The predicted molar refractivity (Wildman–Crippen MR) is 116 cm³/mol. The smallest absolute Gasteiger partial charge is 0.323 e. The minimum absolute atomic E-state index is 0.0926. The van der Waals surface area contributed by atoms with Crippen LogP contribution in [-0.2, 0) is 6.42 Å². The SMILES string of the molecule is CCc1cccc(NC(=O)Nc2ccc(-c3ccc(O)c4[nH]nc(N)c34)cc2)c1. The van der Waals surface area contributed by atoms with E-state index >= 15 is 0 Å². The van der Waals surface area contributed by atoms with Crippen molar-refractivity contribution in [2.45, 2.75) is 13.3 Å². The number of urea groups is 1. The molecule has 0 bridgehead atoms. The summed E-state index contributed by atoms with van der Waals surface area (Å²) >= 11 is 0. The van der Waals surface area contributed by atoms with Gasteiger partial charge < -0.3 is 21.5 Å². The van der Waals surface area contributed by atoms with Crippen LogP contribution in [0.5, 0.6) is 5.75 Å². The molecule has 7 nitrogen and oxygen atoms in total. The normalized spacial score (nSPS) is 10.8. The second-order valence-corrected chi connectivity index (χ2v) is 6.70. The van der Waals surface area contributed by atoms with Crippen molar-refractivity contribution in [3.63, 3.8) is 0 Å². The van der Waals surface area contributed by atoms with Crippen molar-refractivity contribution in [1.82, 2.24) is 10.2 Å². The zero-order valence-corrected chi connectivity index (χ0v) is 15.9. The van der Waals surface area contributed by atoms with Gasteiger partial charge in [0.25, 0.3) is 0 Å². The summed E-state index contributed by atoms with van der Waals surface area (Å²) in [4.78, 5) is 12.3. The standard InChI is InChI=1S/C22H21N5O2/c1-2-13-4-3-5-16(12-13)25-22(29)24-15-8-6-14(7-9-15)17-10-11-18(28)20-19(17)21(23)27-26-20/h3-12,28H,2H2,1H3,(H3,23,26,27)(H2,24,25,29). The van der Waals surface area contributed by atoms with Gasteiger partial charge in [-0.15, -0.1) is 0 Å². The van der Waals surface area contributed by atoms with Gasteiger partial charge in [0.15, 0.2) is 5.82 Å². The average molecular weight is 387 g/mol. The van der Waals surface area contributed by atoms with E-state index in [1.54, 1.807) is 12.1 Å². The van der Waals surface area contributed by atoms with Gasteiger partial charge in [0.05, 0.1) is 5.39 Å². The second-order valence-electron chi connectivity index (χ2n) is 6.70. The molecule has 0 unspecified atom stereocenters. The molecule has 4 aromatic rings. The summed E-state index contributed by atoms with van der Waals surface area (Å²) in [5, 5.41) is 23.0. The first-order valence-corrected chi connectivity index (χ1v) is 9.28. The summed E-state index contributed by atoms with van der Waals surface area (Å²) in [6.45, 7) is 2.07. The number of rotatable bonds is 4. The quantitative estimate of drug-likeness (QED) is 0.348. The number of carbonyl (C=O) groups excluding carboxylic acids is 1. The van der Waals surface area contributed by atoms with E-state index in [0.29, 0.717) is 22.4 Å². The Balaban J connectivity index is 1.52. The third-order valence-corrected chi connectivity index (χ3v) is 4.77. The Kier molecular flexibility index (Phi) is 4.78. The van der Waals surface area contributed by atoms with Crippen LogP contribution < -0.4 is 16.4 Å². The molecule has 6 N–H and O–H groups in total. The highest BCUT2D eigenvalue weighted by Gasteiger charge is 2.13. The lowest BCUT2D eigenvalue weighted by atomic mass is 10.0. The Morgan fingerprint density at radius 1 is 1.07 bits per heavy atom. The van der Waals surface area contributed by atoms with Crippen molar-refractivity contribution in [2.24, 2.45) is 0 Å². The van der Waals surface area contributed by atoms with Gasteiger partial charge in [-0.05, 0) is 59.5 Å². The lowest BCUT2D eigenvalue weighted by molar-refractivity contribution is 0.262. The van der Waals surface area contributed by atoms with Crippen molar-refractivity contribution in [3.05, 3.63) is 66.2 Å². The maximum absolute atomic E-state index is 12.3. The summed E-state index contributed by atoms with van der Waals surface area (Å²) in [7, 11) is 0. The molecule has 0 saturated heterocycles. The molecule has 1 heterocycles. The van der Waals surface area contributed by atoms with Crippen molar-refractivity contribution in [2.75, 3.05) is 16.4 Å². The topological polar surface area (TPSA) is 116 Å². The van der Waals surface area contributed by atoms with Crippen LogP contribution in [0.3, 0.4) is 0 Å². The number of aromatic hydroxyl groups is 1. The van der Waals surface area contributed by atoms with E-state index in [1.165, 1.54) is 0 Å². The number of aromatic nitrogens is 2. The molecule has 4 rings (SSSR count). The molecule has 3 aromatic carbocycles. The molecule has 1 aromatic heterocycles. The Morgan fingerprint density at radius 3 is 2.59 bits per heavy atom. The zero-order valence-electron chi connectivity index (χ0n) is 15.9. The molecule has 29 heavy (non-hydrogen) atoms. The van der Waals surface area contributed by atoms with Crippen LogP contribution in [0, 0.1) is 0 Å². The largest absolute Gasteiger partial charge is 0.506 e. The number of nitrogens with two attached hydrogens (primary N) is 1. The van der Waals surface area contributed by atoms with Gasteiger partial charge in [0.1, 0.15) is 11.3 Å². The number of hydrogen-bond donors (Lipinski definition) is 5. The van der Waals surface area contributed by atoms with Gasteiger partial charge in [0.2, 0.25) is 0 Å². The van der Waals surface area contributed by atoms with Crippen LogP contribution in [0.4, 0.5) is 22.0 Å². The molecule has 0 atom stereocenters. The predicted octanol–water partition coefficient (Wildman–Crippen LogP) is 4.72. The van der Waals surface area contributed by atoms with Crippen molar-refractivity contribution in [3.8, 4) is 16.9 Å². The number of nitrogens with zero attached hydrogens (tertiary/aromatic N) is 1. The first-order chi connectivity index (χ1) is 14.0. The second kappa shape index (κ2) is 7.55. The van der Waals surface area contributed by atoms with E-state index in [4.69, 9.17) is 5.73 Å². The molecule has 0 aliphatic heterocycles. The van der Waals surface area contributed by atoms with Crippen molar-refractivity contribution >= 4 is 34.1 Å². The van der Waals surface area contributed by atoms with Crippen LogP contribution in [0.25, 0.3) is 22.0 Å². The van der Waals surface area contributed by atoms with Crippen molar-refractivity contribution < 1.29 is 9.90 Å². The van der Waals surface area contributed by atoms with Crippen LogP contribution >= 0.6 is 0 Å². The van der Waals surface area contributed by atoms with E-state index in [9.17, 15) is 9.90 Å². The van der Waals surface area contributed by atoms with Crippen molar-refractivity contribution in [1.29, 1.82) is 0 Å². The number of aromatic amines is 1. The molecule has 2 amide bonds. The summed E-state index contributed by atoms with van der Waals surface area (Å²) in [6.07, 6.45) is 0.907. The number of nitrogen functional groups attached to an aromatic ring is 1. The molecule has 0 aliphatic carbocycles. The van der Waals surface area contributed by atoms with Crippen LogP contribution in [-0.4, -0.2) is 21.3 Å². The number of nitrogens with one attached hydrogen (secondary N) is 3. The number of carbonyl (C=O) groups is 1. The van der Waals surface area contributed by atoms with E-state index in [0.717, 1.165) is 28.8 Å².